The molecule has 2 heterocycles. The third kappa shape index (κ3) is 5.83. The Balaban J connectivity index is 1.52. The summed E-state index contributed by atoms with van der Waals surface area (Å²) >= 11 is 6.57. The summed E-state index contributed by atoms with van der Waals surface area (Å²) in [6, 6.07) is 4.69. The minimum Gasteiger partial charge on any atom is -0.495 e. The Morgan fingerprint density at radius 2 is 1.83 bits per heavy atom. The summed E-state index contributed by atoms with van der Waals surface area (Å²) in [5, 5.41) is 8.70. The molecular formula is C29H37ClF3N3O4Si. The normalized spacial score (nSPS) is 21.7. The van der Waals surface area contributed by atoms with Crippen LogP contribution in [0, 0.1) is 0 Å². The molecule has 0 atom stereocenters. The van der Waals surface area contributed by atoms with Crippen LogP contribution in [0.3, 0.4) is 0 Å². The highest BCUT2D eigenvalue weighted by Gasteiger charge is 2.52. The molecule has 2 aliphatic rings. The number of methoxy groups -OCH3 is 1. The Bertz CT molecular complexity index is 1420. The Hall–Kier alpha value is -2.34. The molecule has 12 heteroatoms. The van der Waals surface area contributed by atoms with Gasteiger partial charge in [-0.3, -0.25) is 4.68 Å². The molecule has 1 aromatic carbocycles. The molecule has 5 rings (SSSR count). The van der Waals surface area contributed by atoms with Crippen LogP contribution in [0.25, 0.3) is 22.6 Å². The van der Waals surface area contributed by atoms with Crippen molar-refractivity contribution in [2.45, 2.75) is 102 Å². The van der Waals surface area contributed by atoms with Crippen molar-refractivity contribution in [3.63, 3.8) is 0 Å². The zero-order valence-corrected chi connectivity index (χ0v) is 26.2. The van der Waals surface area contributed by atoms with Crippen molar-refractivity contribution in [2.75, 3.05) is 7.11 Å². The predicted octanol–water partition coefficient (Wildman–Crippen LogP) is 8.68. The molecule has 2 fully saturated rings. The van der Waals surface area contributed by atoms with Gasteiger partial charge in [0.25, 0.3) is 0 Å². The van der Waals surface area contributed by atoms with Crippen LogP contribution < -0.4 is 4.74 Å². The summed E-state index contributed by atoms with van der Waals surface area (Å²) in [6.07, 6.45) is -0.744. The lowest BCUT2D eigenvalue weighted by Crippen LogP contribution is -2.54. The van der Waals surface area contributed by atoms with Gasteiger partial charge in [0.2, 0.25) is 0 Å². The van der Waals surface area contributed by atoms with E-state index in [4.69, 9.17) is 30.0 Å². The quantitative estimate of drug-likeness (QED) is 0.225. The molecule has 7 nitrogen and oxygen atoms in total. The molecular weight excluding hydrogens is 575 g/mol. The number of nitrogens with zero attached hydrogens (tertiary/aromatic N) is 3. The van der Waals surface area contributed by atoms with Gasteiger partial charge in [-0.2, -0.15) is 18.3 Å². The lowest BCUT2D eigenvalue weighted by atomic mass is 9.77. The van der Waals surface area contributed by atoms with Crippen LogP contribution in [0.15, 0.2) is 28.9 Å². The first-order chi connectivity index (χ1) is 19.0. The van der Waals surface area contributed by atoms with E-state index in [1.54, 1.807) is 18.2 Å². The van der Waals surface area contributed by atoms with E-state index < -0.39 is 31.8 Å². The number of halogens is 4. The predicted molar refractivity (Wildman–Crippen MR) is 152 cm³/mol. The molecule has 2 aliphatic carbocycles. The van der Waals surface area contributed by atoms with Crippen LogP contribution in [-0.4, -0.2) is 42.1 Å². The summed E-state index contributed by atoms with van der Waals surface area (Å²) < 4.78 is 68.7. The minimum atomic E-state index is -4.69. The average Bonchev–Trinajstić information content (AvgIpc) is 3.41. The topological polar surface area (TPSA) is 71.5 Å². The summed E-state index contributed by atoms with van der Waals surface area (Å²) in [5.74, 6) is 0.386. The van der Waals surface area contributed by atoms with Gasteiger partial charge in [0.15, 0.2) is 19.8 Å². The Labute approximate surface area is 244 Å². The van der Waals surface area contributed by atoms with Gasteiger partial charge in [0.05, 0.1) is 53.8 Å². The summed E-state index contributed by atoms with van der Waals surface area (Å²) in [7, 11) is -0.620. The van der Waals surface area contributed by atoms with Crippen LogP contribution in [0.2, 0.25) is 23.2 Å². The van der Waals surface area contributed by atoms with Gasteiger partial charge < -0.3 is 18.4 Å². The third-order valence-electron chi connectivity index (χ3n) is 8.51. The molecule has 2 saturated carbocycles. The fourth-order valence-corrected chi connectivity index (χ4v) is 7.20. The number of hydrogen-bond donors (Lipinski definition) is 0. The van der Waals surface area contributed by atoms with Crippen LogP contribution in [-0.2, 0) is 21.9 Å². The van der Waals surface area contributed by atoms with Crippen molar-refractivity contribution < 1.29 is 31.6 Å². The first-order valence-corrected chi connectivity index (χ1v) is 17.1. The number of benzene rings is 1. The van der Waals surface area contributed by atoms with Crippen molar-refractivity contribution >= 4 is 19.9 Å². The lowest BCUT2D eigenvalue weighted by Gasteiger charge is -2.52. The molecule has 0 N–H and O–H groups in total. The average molecular weight is 612 g/mol. The fraction of sp³-hybridized carbons (Fsp3) is 0.586. The second kappa shape index (κ2) is 10.4. The fourth-order valence-electron chi connectivity index (χ4n) is 5.20. The van der Waals surface area contributed by atoms with Crippen LogP contribution in [0.4, 0.5) is 13.2 Å². The van der Waals surface area contributed by atoms with Crippen LogP contribution in [0.1, 0.15) is 70.7 Å². The summed E-state index contributed by atoms with van der Waals surface area (Å²) in [4.78, 5) is 0. The zero-order chi connectivity index (χ0) is 30.0. The molecule has 0 bridgehead atoms. The number of ether oxygens (including phenoxy) is 2. The Morgan fingerprint density at radius 1 is 1.15 bits per heavy atom. The van der Waals surface area contributed by atoms with E-state index in [1.165, 1.54) is 13.3 Å². The Kier molecular flexibility index (Phi) is 7.66. The molecule has 224 valence electrons. The molecule has 0 spiro atoms. The smallest absolute Gasteiger partial charge is 0.433 e. The van der Waals surface area contributed by atoms with Gasteiger partial charge in [-0.25, -0.2) is 0 Å². The molecule has 3 aromatic rings. The molecule has 2 aromatic heterocycles. The van der Waals surface area contributed by atoms with Gasteiger partial charge in [0, 0.05) is 5.56 Å². The number of rotatable bonds is 9. The lowest BCUT2D eigenvalue weighted by molar-refractivity contribution is -0.148. The number of alkyl halides is 3. The van der Waals surface area contributed by atoms with Gasteiger partial charge in [-0.15, -0.1) is 0 Å². The maximum atomic E-state index is 14.7. The molecule has 41 heavy (non-hydrogen) atoms. The zero-order valence-electron chi connectivity index (χ0n) is 24.5. The van der Waals surface area contributed by atoms with Crippen molar-refractivity contribution in [1.82, 2.24) is 14.9 Å². The molecule has 0 aliphatic heterocycles. The summed E-state index contributed by atoms with van der Waals surface area (Å²) in [6.45, 7) is 12.8. The first-order valence-electron chi connectivity index (χ1n) is 13.8. The highest BCUT2D eigenvalue weighted by atomic mass is 35.5. The second-order valence-electron chi connectivity index (χ2n) is 12.9. The van der Waals surface area contributed by atoms with Crippen LogP contribution in [0.5, 0.6) is 5.75 Å². The van der Waals surface area contributed by atoms with E-state index in [2.05, 4.69) is 44.1 Å². The monoisotopic (exact) mass is 611 g/mol. The standard InChI is InChI=1S/C29H37ClF3N3O4Si/c1-27(2,3)41(6,7)40-28(4)13-17(14-28)36-26(29(31,32)33)20(15-34-36)25-21(16-38-18-11-12-18)24(35-39-25)19-9-8-10-22(37-5)23(19)30/h8-10,15,17-18H,11-14,16H2,1-7H3. The molecule has 0 amide bonds. The minimum absolute atomic E-state index is 0.00824. The number of aromatic nitrogens is 3. The maximum absolute atomic E-state index is 14.7. The molecule has 0 saturated heterocycles. The highest BCUT2D eigenvalue weighted by Crippen LogP contribution is 2.52. The van der Waals surface area contributed by atoms with Crippen LogP contribution >= 0.6 is 11.6 Å². The van der Waals surface area contributed by atoms with Crippen molar-refractivity contribution in [2.24, 2.45) is 0 Å². The van der Waals surface area contributed by atoms with Crippen molar-refractivity contribution in [1.29, 1.82) is 0 Å². The van der Waals surface area contributed by atoms with Crippen molar-refractivity contribution in [3.05, 3.63) is 40.7 Å². The number of hydrogen-bond acceptors (Lipinski definition) is 6. The molecule has 0 radical (unpaired) electrons. The Morgan fingerprint density at radius 3 is 2.41 bits per heavy atom. The third-order valence-corrected chi connectivity index (χ3v) is 13.5. The SMILES string of the molecule is COc1cccc(-c2noc(-c3cnn(C4CC(C)(O[Si](C)(C)C(C)(C)C)C4)c3C(F)(F)F)c2COC2CC2)c1Cl. The van der Waals surface area contributed by atoms with E-state index in [9.17, 15) is 13.2 Å². The van der Waals surface area contributed by atoms with E-state index in [1.807, 2.05) is 6.92 Å². The van der Waals surface area contributed by atoms with Gasteiger partial charge in [-0.1, -0.05) is 49.7 Å². The van der Waals surface area contributed by atoms with E-state index in [-0.39, 0.29) is 34.1 Å². The van der Waals surface area contributed by atoms with Gasteiger partial charge >= 0.3 is 6.18 Å². The second-order valence-corrected chi connectivity index (χ2v) is 18.0. The highest BCUT2D eigenvalue weighted by molar-refractivity contribution is 6.74. The van der Waals surface area contributed by atoms with Gasteiger partial charge in [0.1, 0.15) is 11.4 Å². The van der Waals surface area contributed by atoms with E-state index >= 15 is 0 Å². The van der Waals surface area contributed by atoms with E-state index in [0.717, 1.165) is 17.5 Å². The van der Waals surface area contributed by atoms with Crippen molar-refractivity contribution in [3.8, 4) is 28.3 Å². The largest absolute Gasteiger partial charge is 0.495 e. The van der Waals surface area contributed by atoms with Gasteiger partial charge in [-0.05, 0) is 56.8 Å². The maximum Gasteiger partial charge on any atom is 0.433 e. The first kappa shape index (κ1) is 30.1. The molecule has 0 unspecified atom stereocenters. The van der Waals surface area contributed by atoms with E-state index in [0.29, 0.717) is 35.4 Å². The summed E-state index contributed by atoms with van der Waals surface area (Å²) in [5.41, 5.74) is -0.378.